The van der Waals surface area contributed by atoms with Crippen LogP contribution in [0.15, 0.2) is 18.2 Å². The zero-order valence-corrected chi connectivity index (χ0v) is 8.72. The van der Waals surface area contributed by atoms with E-state index in [0.29, 0.717) is 18.9 Å². The average Bonchev–Trinajstić information content (AvgIpc) is 2.16. The largest absolute Gasteiger partial charge is 0.492 e. The smallest absolute Gasteiger partial charge is 0.138 e. The second-order valence-corrected chi connectivity index (χ2v) is 3.63. The first-order valence-electron chi connectivity index (χ1n) is 4.41. The molecule has 0 bridgehead atoms. The summed E-state index contributed by atoms with van der Waals surface area (Å²) in [6, 6.07) is 4.05. The minimum atomic E-state index is -0.366. The van der Waals surface area contributed by atoms with Crippen molar-refractivity contribution >= 4 is 11.6 Å². The first-order chi connectivity index (χ1) is 6.63. The SMILES string of the molecule is CC(CN)COc1ccc(F)cc1Cl. The molecule has 14 heavy (non-hydrogen) atoms. The standard InChI is InChI=1S/C10H13ClFNO/c1-7(5-13)6-14-10-3-2-8(12)4-9(10)11/h2-4,7H,5-6,13H2,1H3. The van der Waals surface area contributed by atoms with E-state index in [1.165, 1.54) is 18.2 Å². The molecular formula is C10H13ClFNO. The van der Waals surface area contributed by atoms with Crippen molar-refractivity contribution in [2.45, 2.75) is 6.92 Å². The fourth-order valence-electron chi connectivity index (χ4n) is 0.892. The molecule has 1 rings (SSSR count). The topological polar surface area (TPSA) is 35.2 Å². The molecule has 1 aromatic carbocycles. The van der Waals surface area contributed by atoms with Gasteiger partial charge in [0.05, 0.1) is 11.6 Å². The van der Waals surface area contributed by atoms with Crippen LogP contribution >= 0.6 is 11.6 Å². The summed E-state index contributed by atoms with van der Waals surface area (Å²) in [4.78, 5) is 0. The molecule has 1 aromatic rings. The monoisotopic (exact) mass is 217 g/mol. The van der Waals surface area contributed by atoms with E-state index in [4.69, 9.17) is 22.1 Å². The Balaban J connectivity index is 2.59. The van der Waals surface area contributed by atoms with Crippen LogP contribution in [0, 0.1) is 11.7 Å². The molecule has 4 heteroatoms. The number of benzene rings is 1. The maximum Gasteiger partial charge on any atom is 0.138 e. The van der Waals surface area contributed by atoms with Gasteiger partial charge in [0.15, 0.2) is 0 Å². The Bertz CT molecular complexity index is 306. The highest BCUT2D eigenvalue weighted by Crippen LogP contribution is 2.25. The highest BCUT2D eigenvalue weighted by atomic mass is 35.5. The van der Waals surface area contributed by atoms with E-state index in [9.17, 15) is 4.39 Å². The molecule has 0 aromatic heterocycles. The fourth-order valence-corrected chi connectivity index (χ4v) is 1.11. The Morgan fingerprint density at radius 2 is 2.29 bits per heavy atom. The summed E-state index contributed by atoms with van der Waals surface area (Å²) in [5.74, 6) is 0.388. The van der Waals surface area contributed by atoms with Crippen LogP contribution in [0.2, 0.25) is 5.02 Å². The minimum absolute atomic E-state index is 0.260. The molecule has 0 amide bonds. The van der Waals surface area contributed by atoms with Crippen LogP contribution in [-0.2, 0) is 0 Å². The zero-order chi connectivity index (χ0) is 10.6. The number of rotatable bonds is 4. The second kappa shape index (κ2) is 5.17. The molecule has 0 spiro atoms. The van der Waals surface area contributed by atoms with Crippen molar-refractivity contribution < 1.29 is 9.13 Å². The number of halogens is 2. The van der Waals surface area contributed by atoms with Crippen molar-refractivity contribution in [3.05, 3.63) is 29.0 Å². The quantitative estimate of drug-likeness (QED) is 0.841. The van der Waals surface area contributed by atoms with E-state index >= 15 is 0 Å². The van der Waals surface area contributed by atoms with Crippen molar-refractivity contribution in [2.24, 2.45) is 11.7 Å². The molecule has 0 aliphatic carbocycles. The Hall–Kier alpha value is -0.800. The van der Waals surface area contributed by atoms with Gasteiger partial charge >= 0.3 is 0 Å². The van der Waals surface area contributed by atoms with Crippen molar-refractivity contribution in [3.63, 3.8) is 0 Å². The molecule has 1 unspecified atom stereocenters. The number of nitrogens with two attached hydrogens (primary N) is 1. The molecule has 2 nitrogen and oxygen atoms in total. The molecule has 0 saturated carbocycles. The fraction of sp³-hybridized carbons (Fsp3) is 0.400. The van der Waals surface area contributed by atoms with Gasteiger partial charge in [-0.3, -0.25) is 0 Å². The Morgan fingerprint density at radius 3 is 2.86 bits per heavy atom. The normalized spacial score (nSPS) is 12.6. The van der Waals surface area contributed by atoms with E-state index in [1.807, 2.05) is 6.92 Å². The Labute approximate surface area is 87.8 Å². The lowest BCUT2D eigenvalue weighted by molar-refractivity contribution is 0.264. The van der Waals surface area contributed by atoms with E-state index < -0.39 is 0 Å². The molecule has 0 saturated heterocycles. The van der Waals surface area contributed by atoms with Crippen molar-refractivity contribution in [2.75, 3.05) is 13.2 Å². The van der Waals surface area contributed by atoms with Crippen molar-refractivity contribution in [3.8, 4) is 5.75 Å². The van der Waals surface area contributed by atoms with Gasteiger partial charge in [-0.15, -0.1) is 0 Å². The first-order valence-corrected chi connectivity index (χ1v) is 4.79. The number of hydrogen-bond donors (Lipinski definition) is 1. The highest BCUT2D eigenvalue weighted by molar-refractivity contribution is 6.32. The molecule has 1 atom stereocenters. The third-order valence-electron chi connectivity index (χ3n) is 1.82. The molecule has 0 radical (unpaired) electrons. The minimum Gasteiger partial charge on any atom is -0.492 e. The average molecular weight is 218 g/mol. The van der Waals surface area contributed by atoms with Crippen molar-refractivity contribution in [1.82, 2.24) is 0 Å². The van der Waals surface area contributed by atoms with Gasteiger partial charge in [-0.2, -0.15) is 0 Å². The summed E-state index contributed by atoms with van der Waals surface area (Å²) in [5, 5.41) is 0.286. The lowest BCUT2D eigenvalue weighted by Crippen LogP contribution is -2.18. The molecule has 0 aliphatic rings. The molecule has 2 N–H and O–H groups in total. The molecule has 78 valence electrons. The summed E-state index contributed by atoms with van der Waals surface area (Å²) in [7, 11) is 0. The molecule has 0 heterocycles. The maximum absolute atomic E-state index is 12.7. The Kier molecular flexibility index (Phi) is 4.17. The van der Waals surface area contributed by atoms with Crippen LogP contribution in [0.3, 0.4) is 0 Å². The second-order valence-electron chi connectivity index (χ2n) is 3.23. The molecule has 0 aliphatic heterocycles. The van der Waals surface area contributed by atoms with Gasteiger partial charge in [0.25, 0.3) is 0 Å². The molecule has 0 fully saturated rings. The van der Waals surface area contributed by atoms with E-state index in [-0.39, 0.29) is 16.8 Å². The van der Waals surface area contributed by atoms with Crippen LogP contribution in [-0.4, -0.2) is 13.2 Å². The van der Waals surface area contributed by atoms with Gasteiger partial charge < -0.3 is 10.5 Å². The third kappa shape index (κ3) is 3.16. The third-order valence-corrected chi connectivity index (χ3v) is 2.12. The Morgan fingerprint density at radius 1 is 1.57 bits per heavy atom. The van der Waals surface area contributed by atoms with Gasteiger partial charge in [0.1, 0.15) is 11.6 Å². The predicted octanol–water partition coefficient (Wildman–Crippen LogP) is 2.45. The van der Waals surface area contributed by atoms with Crippen LogP contribution in [0.4, 0.5) is 4.39 Å². The van der Waals surface area contributed by atoms with Gasteiger partial charge in [-0.25, -0.2) is 4.39 Å². The number of ether oxygens (including phenoxy) is 1. The lowest BCUT2D eigenvalue weighted by Gasteiger charge is -2.11. The summed E-state index contributed by atoms with van der Waals surface area (Å²) < 4.78 is 18.0. The van der Waals surface area contributed by atoms with Crippen molar-refractivity contribution in [1.29, 1.82) is 0 Å². The molecular weight excluding hydrogens is 205 g/mol. The van der Waals surface area contributed by atoms with E-state index in [2.05, 4.69) is 0 Å². The summed E-state index contributed by atoms with van der Waals surface area (Å²) >= 11 is 5.76. The van der Waals surface area contributed by atoms with Crippen LogP contribution in [0.5, 0.6) is 5.75 Å². The zero-order valence-electron chi connectivity index (χ0n) is 7.97. The van der Waals surface area contributed by atoms with E-state index in [0.717, 1.165) is 0 Å². The highest BCUT2D eigenvalue weighted by Gasteiger charge is 2.05. The van der Waals surface area contributed by atoms with Crippen LogP contribution in [0.1, 0.15) is 6.92 Å². The van der Waals surface area contributed by atoms with Crippen LogP contribution < -0.4 is 10.5 Å². The van der Waals surface area contributed by atoms with E-state index in [1.54, 1.807) is 0 Å². The summed E-state index contributed by atoms with van der Waals surface area (Å²) in [5.41, 5.74) is 5.43. The lowest BCUT2D eigenvalue weighted by atomic mass is 10.2. The predicted molar refractivity (Wildman–Crippen MR) is 55.1 cm³/mol. The first kappa shape index (κ1) is 11.3. The van der Waals surface area contributed by atoms with Gasteiger partial charge in [-0.05, 0) is 24.7 Å². The summed E-state index contributed by atoms with van der Waals surface area (Å²) in [6.45, 7) is 3.01. The van der Waals surface area contributed by atoms with Gasteiger partial charge in [0, 0.05) is 5.92 Å². The number of hydrogen-bond acceptors (Lipinski definition) is 2. The van der Waals surface area contributed by atoms with Gasteiger partial charge in [-0.1, -0.05) is 18.5 Å². The summed E-state index contributed by atoms with van der Waals surface area (Å²) in [6.07, 6.45) is 0. The maximum atomic E-state index is 12.7. The van der Waals surface area contributed by atoms with Crippen LogP contribution in [0.25, 0.3) is 0 Å². The van der Waals surface area contributed by atoms with Gasteiger partial charge in [0.2, 0.25) is 0 Å².